The summed E-state index contributed by atoms with van der Waals surface area (Å²) in [7, 11) is 0. The third-order valence-corrected chi connectivity index (χ3v) is 5.81. The van der Waals surface area contributed by atoms with Crippen LogP contribution in [0.2, 0.25) is 5.02 Å². The SMILES string of the molecule is CCOC(=O)C(O)c1ccc(NC(=O)CCn2cc(COc3ccc(Cl)cc3-c3cc(C(=O)O)[nH]n3)nn2)cc1. The summed E-state index contributed by atoms with van der Waals surface area (Å²) in [4.78, 5) is 35.2. The molecule has 40 heavy (non-hydrogen) atoms. The first kappa shape index (κ1) is 28.3. The summed E-state index contributed by atoms with van der Waals surface area (Å²) in [6.45, 7) is 2.13. The zero-order chi connectivity index (χ0) is 28.6. The van der Waals surface area contributed by atoms with E-state index in [2.05, 4.69) is 25.8 Å². The van der Waals surface area contributed by atoms with Gasteiger partial charge in [-0.15, -0.1) is 5.10 Å². The van der Waals surface area contributed by atoms with E-state index in [4.69, 9.17) is 26.2 Å². The van der Waals surface area contributed by atoms with Crippen LogP contribution in [0.5, 0.6) is 5.75 Å². The molecule has 0 aliphatic heterocycles. The van der Waals surface area contributed by atoms with Crippen molar-refractivity contribution in [2.75, 3.05) is 11.9 Å². The van der Waals surface area contributed by atoms with E-state index in [-0.39, 0.29) is 37.8 Å². The van der Waals surface area contributed by atoms with Gasteiger partial charge in [-0.2, -0.15) is 5.10 Å². The summed E-state index contributed by atoms with van der Waals surface area (Å²) in [5, 5.41) is 36.9. The Hall–Kier alpha value is -4.75. The molecule has 1 atom stereocenters. The molecule has 0 saturated heterocycles. The lowest BCUT2D eigenvalue weighted by atomic mass is 10.1. The average Bonchev–Trinajstić information content (AvgIpc) is 3.62. The van der Waals surface area contributed by atoms with Crippen LogP contribution in [0.4, 0.5) is 5.69 Å². The number of nitrogens with zero attached hydrogens (tertiary/aromatic N) is 4. The Morgan fingerprint density at radius 3 is 2.62 bits per heavy atom. The number of carbonyl (C=O) groups excluding carboxylic acids is 2. The highest BCUT2D eigenvalue weighted by molar-refractivity contribution is 6.31. The smallest absolute Gasteiger partial charge is 0.353 e. The summed E-state index contributed by atoms with van der Waals surface area (Å²) in [5.74, 6) is -1.73. The van der Waals surface area contributed by atoms with Gasteiger partial charge in [0.1, 0.15) is 23.7 Å². The summed E-state index contributed by atoms with van der Waals surface area (Å²) < 4.78 is 12.2. The average molecular weight is 569 g/mol. The van der Waals surface area contributed by atoms with Crippen molar-refractivity contribution in [1.29, 1.82) is 0 Å². The number of aromatic amines is 1. The second kappa shape index (κ2) is 12.9. The highest BCUT2D eigenvalue weighted by Gasteiger charge is 2.18. The van der Waals surface area contributed by atoms with Crippen molar-refractivity contribution in [2.45, 2.75) is 32.6 Å². The lowest BCUT2D eigenvalue weighted by Crippen LogP contribution is -2.16. The fourth-order valence-corrected chi connectivity index (χ4v) is 3.78. The van der Waals surface area contributed by atoms with E-state index < -0.39 is 18.0 Å². The largest absolute Gasteiger partial charge is 0.486 e. The molecule has 4 aromatic rings. The lowest BCUT2D eigenvalue weighted by molar-refractivity contribution is -0.153. The van der Waals surface area contributed by atoms with Crippen LogP contribution in [0.25, 0.3) is 11.3 Å². The van der Waals surface area contributed by atoms with Gasteiger partial charge < -0.3 is 25.0 Å². The van der Waals surface area contributed by atoms with Gasteiger partial charge >= 0.3 is 11.9 Å². The molecule has 0 aliphatic rings. The van der Waals surface area contributed by atoms with Crippen LogP contribution < -0.4 is 10.1 Å². The normalized spacial score (nSPS) is 11.6. The summed E-state index contributed by atoms with van der Waals surface area (Å²) >= 11 is 6.11. The molecule has 0 spiro atoms. The molecule has 0 fully saturated rings. The number of aliphatic hydroxyl groups excluding tert-OH is 1. The van der Waals surface area contributed by atoms with Crippen molar-refractivity contribution in [3.05, 3.63) is 76.7 Å². The molecule has 2 aromatic carbocycles. The van der Waals surface area contributed by atoms with Crippen molar-refractivity contribution < 1.29 is 34.1 Å². The first-order valence-corrected chi connectivity index (χ1v) is 12.5. The highest BCUT2D eigenvalue weighted by Crippen LogP contribution is 2.32. The minimum absolute atomic E-state index is 0.0566. The van der Waals surface area contributed by atoms with Crippen molar-refractivity contribution in [1.82, 2.24) is 25.2 Å². The number of ether oxygens (including phenoxy) is 2. The Kier molecular flexibility index (Phi) is 9.09. The number of aryl methyl sites for hydroxylation is 1. The summed E-state index contributed by atoms with van der Waals surface area (Å²) in [6, 6.07) is 12.5. The van der Waals surface area contributed by atoms with E-state index in [9.17, 15) is 19.5 Å². The molecule has 1 unspecified atom stereocenters. The van der Waals surface area contributed by atoms with Crippen LogP contribution in [0, 0.1) is 0 Å². The summed E-state index contributed by atoms with van der Waals surface area (Å²) in [5.41, 5.74) is 2.15. The Bertz CT molecular complexity index is 1500. The van der Waals surface area contributed by atoms with Crippen LogP contribution in [0.3, 0.4) is 0 Å². The van der Waals surface area contributed by atoms with Crippen molar-refractivity contribution >= 4 is 35.1 Å². The number of aliphatic hydroxyl groups is 1. The van der Waals surface area contributed by atoms with Crippen molar-refractivity contribution in [3.8, 4) is 17.0 Å². The third-order valence-electron chi connectivity index (χ3n) is 5.58. The summed E-state index contributed by atoms with van der Waals surface area (Å²) in [6.07, 6.45) is 0.367. The van der Waals surface area contributed by atoms with Crippen molar-refractivity contribution in [3.63, 3.8) is 0 Å². The molecule has 0 saturated carbocycles. The fraction of sp³-hybridized carbons (Fsp3) is 0.231. The van der Waals surface area contributed by atoms with E-state index in [0.717, 1.165) is 0 Å². The molecule has 4 N–H and O–H groups in total. The van der Waals surface area contributed by atoms with Crippen LogP contribution in [0.1, 0.15) is 41.2 Å². The highest BCUT2D eigenvalue weighted by atomic mass is 35.5. The number of H-pyrrole nitrogens is 1. The van der Waals surface area contributed by atoms with E-state index >= 15 is 0 Å². The van der Waals surface area contributed by atoms with Crippen LogP contribution in [0.15, 0.2) is 54.7 Å². The number of carbonyl (C=O) groups is 3. The molecule has 1 amide bonds. The van der Waals surface area contributed by atoms with Crippen LogP contribution in [-0.4, -0.2) is 59.9 Å². The molecule has 0 aliphatic carbocycles. The molecule has 13 nitrogen and oxygen atoms in total. The van der Waals surface area contributed by atoms with E-state index in [0.29, 0.717) is 39.0 Å². The lowest BCUT2D eigenvalue weighted by Gasteiger charge is -2.11. The number of aromatic carboxylic acids is 1. The van der Waals surface area contributed by atoms with Gasteiger partial charge in [0.05, 0.1) is 25.0 Å². The number of aromatic nitrogens is 5. The first-order valence-electron chi connectivity index (χ1n) is 12.1. The monoisotopic (exact) mass is 568 g/mol. The number of hydrogen-bond donors (Lipinski definition) is 4. The van der Waals surface area contributed by atoms with Crippen molar-refractivity contribution in [2.24, 2.45) is 0 Å². The second-order valence-electron chi connectivity index (χ2n) is 8.45. The number of nitrogens with one attached hydrogen (secondary N) is 2. The molecular formula is C26H25ClN6O7. The Morgan fingerprint density at radius 2 is 1.93 bits per heavy atom. The topological polar surface area (TPSA) is 182 Å². The maximum atomic E-state index is 12.4. The van der Waals surface area contributed by atoms with Gasteiger partial charge in [0.25, 0.3) is 0 Å². The quantitative estimate of drug-likeness (QED) is 0.185. The molecule has 2 aromatic heterocycles. The van der Waals surface area contributed by atoms with Gasteiger partial charge in [-0.25, -0.2) is 9.59 Å². The minimum Gasteiger partial charge on any atom is -0.486 e. The van der Waals surface area contributed by atoms with E-state index in [1.165, 1.54) is 22.9 Å². The second-order valence-corrected chi connectivity index (χ2v) is 8.89. The number of amides is 1. The van der Waals surface area contributed by atoms with E-state index in [1.54, 1.807) is 43.5 Å². The number of anilines is 1. The van der Waals surface area contributed by atoms with Crippen LogP contribution in [-0.2, 0) is 27.5 Å². The number of halogens is 1. The molecule has 208 valence electrons. The number of hydrogen-bond acceptors (Lipinski definition) is 9. The molecule has 4 rings (SSSR count). The molecule has 0 radical (unpaired) electrons. The number of carboxylic acids is 1. The van der Waals surface area contributed by atoms with Gasteiger partial charge in [0.2, 0.25) is 5.91 Å². The standard InChI is InChI=1S/C26H25ClN6O7/c1-2-39-26(38)24(35)15-3-6-17(7-4-15)28-23(34)9-10-33-13-18(29-32-33)14-40-22-8-5-16(27)11-19(22)20-12-21(25(36)37)31-30-20/h3-8,11-13,24,35H,2,9-10,14H2,1H3,(H,28,34)(H,30,31)(H,36,37). The zero-order valence-corrected chi connectivity index (χ0v) is 22.0. The number of esters is 1. The minimum atomic E-state index is -1.39. The zero-order valence-electron chi connectivity index (χ0n) is 21.2. The maximum Gasteiger partial charge on any atom is 0.353 e. The van der Waals surface area contributed by atoms with Crippen LogP contribution >= 0.6 is 11.6 Å². The van der Waals surface area contributed by atoms with E-state index in [1.807, 2.05) is 0 Å². The predicted octanol–water partition coefficient (Wildman–Crippen LogP) is 3.22. The van der Waals surface area contributed by atoms with Gasteiger partial charge in [-0.3, -0.25) is 14.6 Å². The molecular weight excluding hydrogens is 544 g/mol. The number of benzene rings is 2. The number of carboxylic acid groups (broad SMARTS) is 1. The number of rotatable bonds is 12. The van der Waals surface area contributed by atoms with Gasteiger partial charge in [0, 0.05) is 22.7 Å². The third kappa shape index (κ3) is 7.21. The fourth-order valence-electron chi connectivity index (χ4n) is 3.61. The first-order chi connectivity index (χ1) is 19.2. The molecule has 14 heteroatoms. The van der Waals surface area contributed by atoms with Gasteiger partial charge in [-0.1, -0.05) is 28.9 Å². The van der Waals surface area contributed by atoms with Gasteiger partial charge in [0.15, 0.2) is 6.10 Å². The Morgan fingerprint density at radius 1 is 1.15 bits per heavy atom. The molecule has 2 heterocycles. The maximum absolute atomic E-state index is 12.4. The molecule has 0 bridgehead atoms. The Balaban J connectivity index is 1.29. The Labute approximate surface area is 232 Å². The van der Waals surface area contributed by atoms with Gasteiger partial charge in [-0.05, 0) is 48.9 Å². The predicted molar refractivity (Wildman–Crippen MR) is 142 cm³/mol.